The number of aliphatic hydroxyl groups is 1. The number of rotatable bonds is 2. The molecule has 1 N–H and O–H groups in total. The van der Waals surface area contributed by atoms with Crippen LogP contribution in [0.2, 0.25) is 0 Å². The lowest BCUT2D eigenvalue weighted by Crippen LogP contribution is -1.98. The molecule has 0 amide bonds. The van der Waals surface area contributed by atoms with Gasteiger partial charge in [-0.2, -0.15) is 0 Å². The van der Waals surface area contributed by atoms with Crippen molar-refractivity contribution in [1.82, 2.24) is 4.98 Å². The average molecular weight is 225 g/mol. The zero-order chi connectivity index (χ0) is 11.0. The van der Waals surface area contributed by atoms with E-state index < -0.39 is 6.10 Å². The Morgan fingerprint density at radius 1 is 1.53 bits per heavy atom. The van der Waals surface area contributed by atoms with Crippen LogP contribution < -0.4 is 0 Å². The van der Waals surface area contributed by atoms with Gasteiger partial charge in [0.1, 0.15) is 5.82 Å². The Balaban J connectivity index is 2.60. The van der Waals surface area contributed by atoms with Crippen LogP contribution in [-0.2, 0) is 0 Å². The van der Waals surface area contributed by atoms with Gasteiger partial charge in [0.25, 0.3) is 0 Å². The standard InChI is InChI=1S/C11H12FNOS/c1-3-10(14)7-4-9-11(5-8(7)12)15-6(2)13-9/h4-5,10,14H,3H2,1-2H3. The number of hydrogen-bond acceptors (Lipinski definition) is 3. The molecule has 1 aromatic heterocycles. The molecule has 4 heteroatoms. The monoisotopic (exact) mass is 225 g/mol. The smallest absolute Gasteiger partial charge is 0.130 e. The van der Waals surface area contributed by atoms with Gasteiger partial charge >= 0.3 is 0 Å². The summed E-state index contributed by atoms with van der Waals surface area (Å²) in [6, 6.07) is 3.09. The first-order valence-electron chi connectivity index (χ1n) is 4.86. The molecule has 0 bridgehead atoms. The third-order valence-electron chi connectivity index (χ3n) is 2.36. The fourth-order valence-corrected chi connectivity index (χ4v) is 2.39. The molecule has 0 fully saturated rings. The molecule has 80 valence electrons. The van der Waals surface area contributed by atoms with Crippen LogP contribution in [0.1, 0.15) is 30.0 Å². The molecule has 0 radical (unpaired) electrons. The van der Waals surface area contributed by atoms with E-state index in [0.29, 0.717) is 12.0 Å². The van der Waals surface area contributed by atoms with Crippen LogP contribution in [-0.4, -0.2) is 10.1 Å². The van der Waals surface area contributed by atoms with Crippen LogP contribution >= 0.6 is 11.3 Å². The van der Waals surface area contributed by atoms with Gasteiger partial charge in [-0.3, -0.25) is 0 Å². The van der Waals surface area contributed by atoms with Gasteiger partial charge in [-0.25, -0.2) is 9.37 Å². The van der Waals surface area contributed by atoms with Crippen molar-refractivity contribution in [3.8, 4) is 0 Å². The van der Waals surface area contributed by atoms with Crippen LogP contribution in [0, 0.1) is 12.7 Å². The van der Waals surface area contributed by atoms with E-state index in [-0.39, 0.29) is 5.82 Å². The fourth-order valence-electron chi connectivity index (χ4n) is 1.56. The quantitative estimate of drug-likeness (QED) is 0.851. The second kappa shape index (κ2) is 3.87. The number of aryl methyl sites for hydroxylation is 1. The van der Waals surface area contributed by atoms with Gasteiger partial charge in [0.05, 0.1) is 21.3 Å². The summed E-state index contributed by atoms with van der Waals surface area (Å²) in [5.74, 6) is -0.347. The zero-order valence-electron chi connectivity index (χ0n) is 8.62. The van der Waals surface area contributed by atoms with Gasteiger partial charge in [-0.1, -0.05) is 6.92 Å². The minimum Gasteiger partial charge on any atom is -0.388 e. The summed E-state index contributed by atoms with van der Waals surface area (Å²) in [6.45, 7) is 3.71. The number of nitrogens with zero attached hydrogens (tertiary/aromatic N) is 1. The molecule has 2 nitrogen and oxygen atoms in total. The highest BCUT2D eigenvalue weighted by atomic mass is 32.1. The summed E-state index contributed by atoms with van der Waals surface area (Å²) < 4.78 is 14.4. The molecule has 0 spiro atoms. The largest absolute Gasteiger partial charge is 0.388 e. The van der Waals surface area contributed by atoms with E-state index in [4.69, 9.17) is 0 Å². The summed E-state index contributed by atoms with van der Waals surface area (Å²) >= 11 is 1.46. The Morgan fingerprint density at radius 3 is 2.93 bits per heavy atom. The summed E-state index contributed by atoms with van der Waals surface area (Å²) in [5.41, 5.74) is 1.11. The van der Waals surface area contributed by atoms with Crippen LogP contribution in [0.15, 0.2) is 12.1 Å². The summed E-state index contributed by atoms with van der Waals surface area (Å²) in [5, 5.41) is 10.5. The fraction of sp³-hybridized carbons (Fsp3) is 0.364. The highest BCUT2D eigenvalue weighted by molar-refractivity contribution is 7.18. The molecule has 1 unspecified atom stereocenters. The highest BCUT2D eigenvalue weighted by Crippen LogP contribution is 2.28. The number of thiazole rings is 1. The van der Waals surface area contributed by atoms with Crippen molar-refractivity contribution < 1.29 is 9.50 Å². The first kappa shape index (κ1) is 10.5. The number of halogens is 1. The molecule has 0 saturated heterocycles. The van der Waals surface area contributed by atoms with E-state index in [0.717, 1.165) is 15.2 Å². The number of hydrogen-bond donors (Lipinski definition) is 1. The van der Waals surface area contributed by atoms with Crippen molar-refractivity contribution in [3.63, 3.8) is 0 Å². The molecule has 0 aliphatic heterocycles. The van der Waals surface area contributed by atoms with Crippen LogP contribution in [0.4, 0.5) is 4.39 Å². The topological polar surface area (TPSA) is 33.1 Å². The second-order valence-corrected chi connectivity index (χ2v) is 4.73. The van der Waals surface area contributed by atoms with Crippen LogP contribution in [0.25, 0.3) is 10.2 Å². The Labute approximate surface area is 91.4 Å². The van der Waals surface area contributed by atoms with Gasteiger partial charge in [-0.05, 0) is 25.5 Å². The molecule has 2 aromatic rings. The Hall–Kier alpha value is -1.00. The summed E-state index contributed by atoms with van der Waals surface area (Å²) in [6.07, 6.45) is -0.234. The van der Waals surface area contributed by atoms with Gasteiger partial charge in [0, 0.05) is 5.56 Å². The van der Waals surface area contributed by atoms with Crippen molar-refractivity contribution in [2.24, 2.45) is 0 Å². The molecular formula is C11H12FNOS. The average Bonchev–Trinajstić information content (AvgIpc) is 2.55. The van der Waals surface area contributed by atoms with Gasteiger partial charge in [0.15, 0.2) is 0 Å². The van der Waals surface area contributed by atoms with E-state index in [1.807, 2.05) is 13.8 Å². The van der Waals surface area contributed by atoms with E-state index in [2.05, 4.69) is 4.98 Å². The SMILES string of the molecule is CCC(O)c1cc2nc(C)sc2cc1F. The summed E-state index contributed by atoms with van der Waals surface area (Å²) in [7, 11) is 0. The third kappa shape index (κ3) is 1.87. The molecule has 15 heavy (non-hydrogen) atoms. The molecule has 1 aromatic carbocycles. The highest BCUT2D eigenvalue weighted by Gasteiger charge is 2.13. The lowest BCUT2D eigenvalue weighted by Gasteiger charge is -2.08. The second-order valence-electron chi connectivity index (χ2n) is 3.50. The first-order chi connectivity index (χ1) is 7.11. The predicted octanol–water partition coefficient (Wildman–Crippen LogP) is 3.19. The number of benzene rings is 1. The van der Waals surface area contributed by atoms with Crippen LogP contribution in [0.5, 0.6) is 0 Å². The van der Waals surface area contributed by atoms with Gasteiger partial charge in [0.2, 0.25) is 0 Å². The normalized spacial score (nSPS) is 13.3. The van der Waals surface area contributed by atoms with E-state index in [1.165, 1.54) is 17.4 Å². The van der Waals surface area contributed by atoms with E-state index in [1.54, 1.807) is 6.07 Å². The lowest BCUT2D eigenvalue weighted by molar-refractivity contribution is 0.169. The third-order valence-corrected chi connectivity index (χ3v) is 3.29. The minimum absolute atomic E-state index is 0.343. The molecule has 1 heterocycles. The number of aliphatic hydroxyl groups excluding tert-OH is 1. The van der Waals surface area contributed by atoms with Crippen molar-refractivity contribution in [2.75, 3.05) is 0 Å². The maximum absolute atomic E-state index is 13.6. The van der Waals surface area contributed by atoms with Gasteiger partial charge in [-0.15, -0.1) is 11.3 Å². The maximum Gasteiger partial charge on any atom is 0.130 e. The summed E-state index contributed by atoms with van der Waals surface area (Å²) in [4.78, 5) is 4.27. The molecule has 0 aliphatic carbocycles. The molecular weight excluding hydrogens is 213 g/mol. The first-order valence-corrected chi connectivity index (χ1v) is 5.68. The number of aromatic nitrogens is 1. The zero-order valence-corrected chi connectivity index (χ0v) is 9.44. The van der Waals surface area contributed by atoms with Crippen molar-refractivity contribution in [2.45, 2.75) is 26.4 Å². The Kier molecular flexibility index (Phi) is 2.71. The van der Waals surface area contributed by atoms with Gasteiger partial charge < -0.3 is 5.11 Å². The number of fused-ring (bicyclic) bond motifs is 1. The van der Waals surface area contributed by atoms with Crippen molar-refractivity contribution in [3.05, 3.63) is 28.5 Å². The Morgan fingerprint density at radius 2 is 2.27 bits per heavy atom. The van der Waals surface area contributed by atoms with Crippen molar-refractivity contribution >= 4 is 21.6 Å². The van der Waals surface area contributed by atoms with Crippen molar-refractivity contribution in [1.29, 1.82) is 0 Å². The van der Waals surface area contributed by atoms with Crippen LogP contribution in [0.3, 0.4) is 0 Å². The van der Waals surface area contributed by atoms with E-state index >= 15 is 0 Å². The minimum atomic E-state index is -0.739. The maximum atomic E-state index is 13.6. The molecule has 0 aliphatic rings. The predicted molar refractivity (Wildman–Crippen MR) is 59.6 cm³/mol. The molecule has 0 saturated carbocycles. The molecule has 1 atom stereocenters. The van der Waals surface area contributed by atoms with E-state index in [9.17, 15) is 9.50 Å². The Bertz CT molecular complexity index is 495. The lowest BCUT2D eigenvalue weighted by atomic mass is 10.1. The molecule has 2 rings (SSSR count).